The zero-order valence-electron chi connectivity index (χ0n) is 13.6. The molecule has 1 atom stereocenters. The van der Waals surface area contributed by atoms with Crippen molar-refractivity contribution in [2.45, 2.75) is 25.8 Å². The Balaban J connectivity index is 0.00000169. The second-order valence-electron chi connectivity index (χ2n) is 6.70. The molecule has 1 saturated heterocycles. The van der Waals surface area contributed by atoms with E-state index in [4.69, 9.17) is 0 Å². The van der Waals surface area contributed by atoms with E-state index in [0.717, 1.165) is 43.6 Å². The molecule has 2 fully saturated rings. The predicted molar refractivity (Wildman–Crippen MR) is 95.3 cm³/mol. The number of hydrogen-bond acceptors (Lipinski definition) is 3. The topological polar surface area (TPSA) is 59.0 Å². The smallest absolute Gasteiger partial charge is 0.223 e. The van der Waals surface area contributed by atoms with Crippen molar-refractivity contribution < 1.29 is 4.79 Å². The van der Waals surface area contributed by atoms with E-state index < -0.39 is 0 Å². The summed E-state index contributed by atoms with van der Waals surface area (Å²) in [6.45, 7) is 2.71. The summed E-state index contributed by atoms with van der Waals surface area (Å²) in [5.41, 5.74) is 2.45. The van der Waals surface area contributed by atoms with Crippen LogP contribution in [0.3, 0.4) is 0 Å². The predicted octanol–water partition coefficient (Wildman–Crippen LogP) is 2.30. The molecule has 2 N–H and O–H groups in total. The van der Waals surface area contributed by atoms with Crippen LogP contribution < -0.4 is 10.6 Å². The summed E-state index contributed by atoms with van der Waals surface area (Å²) in [7, 11) is 0. The quantitative estimate of drug-likeness (QED) is 0.893. The molecule has 1 aromatic carbocycles. The lowest BCUT2D eigenvalue weighted by molar-refractivity contribution is -0.123. The number of aromatic nitrogens is 2. The van der Waals surface area contributed by atoms with Crippen LogP contribution in [0.25, 0.3) is 5.69 Å². The van der Waals surface area contributed by atoms with Gasteiger partial charge < -0.3 is 10.6 Å². The van der Waals surface area contributed by atoms with E-state index >= 15 is 0 Å². The molecule has 0 bridgehead atoms. The van der Waals surface area contributed by atoms with Crippen molar-refractivity contribution >= 4 is 18.3 Å². The maximum absolute atomic E-state index is 12.4. The number of halogens is 1. The van der Waals surface area contributed by atoms with Gasteiger partial charge in [0.05, 0.1) is 5.69 Å². The first-order chi connectivity index (χ1) is 11.3. The summed E-state index contributed by atoms with van der Waals surface area (Å²) in [6.07, 6.45) is 7.04. The van der Waals surface area contributed by atoms with Gasteiger partial charge in [-0.1, -0.05) is 12.1 Å². The molecular formula is C18H23ClN4O. The van der Waals surface area contributed by atoms with E-state index in [1.54, 1.807) is 6.20 Å². The van der Waals surface area contributed by atoms with E-state index in [9.17, 15) is 4.79 Å². The number of rotatable bonds is 4. The van der Waals surface area contributed by atoms with Gasteiger partial charge in [-0.15, -0.1) is 12.4 Å². The molecule has 6 heteroatoms. The highest BCUT2D eigenvalue weighted by molar-refractivity contribution is 5.85. The Bertz CT molecular complexity index is 678. The van der Waals surface area contributed by atoms with Gasteiger partial charge in [0.25, 0.3) is 0 Å². The van der Waals surface area contributed by atoms with Gasteiger partial charge in [-0.25, -0.2) is 4.68 Å². The maximum atomic E-state index is 12.4. The Morgan fingerprint density at radius 2 is 2.04 bits per heavy atom. The van der Waals surface area contributed by atoms with Crippen LogP contribution in [0, 0.1) is 11.3 Å². The fourth-order valence-corrected chi connectivity index (χ4v) is 3.70. The van der Waals surface area contributed by atoms with E-state index in [1.807, 2.05) is 41.2 Å². The van der Waals surface area contributed by atoms with Crippen LogP contribution in [0.15, 0.2) is 42.7 Å². The van der Waals surface area contributed by atoms with Crippen molar-refractivity contribution in [3.05, 3.63) is 48.3 Å². The molecule has 1 unspecified atom stereocenters. The van der Waals surface area contributed by atoms with Crippen LogP contribution in [-0.4, -0.2) is 28.8 Å². The molecular weight excluding hydrogens is 324 g/mol. The number of piperidine rings is 1. The Morgan fingerprint density at radius 1 is 1.29 bits per heavy atom. The summed E-state index contributed by atoms with van der Waals surface area (Å²) < 4.78 is 1.83. The van der Waals surface area contributed by atoms with Crippen LogP contribution in [0.2, 0.25) is 0 Å². The summed E-state index contributed by atoms with van der Waals surface area (Å²) in [6, 6.07) is 10.1. The zero-order chi connectivity index (χ0) is 15.7. The van der Waals surface area contributed by atoms with Crippen LogP contribution in [0.1, 0.15) is 24.8 Å². The van der Waals surface area contributed by atoms with E-state index in [0.29, 0.717) is 12.0 Å². The van der Waals surface area contributed by atoms with E-state index in [2.05, 4.69) is 15.7 Å². The number of carbonyl (C=O) groups excluding carboxylic acids is 1. The number of nitrogens with zero attached hydrogens (tertiary/aromatic N) is 2. The second-order valence-corrected chi connectivity index (χ2v) is 6.70. The molecule has 4 rings (SSSR count). The standard InChI is InChI=1S/C18H22N4O.ClH/c23-17(16-12-18(16)6-9-19-10-7-18)20-13-14-2-4-15(5-3-14)22-11-1-8-21-22;/h1-5,8,11,16,19H,6-7,9-10,12-13H2,(H,20,23);1H. The SMILES string of the molecule is Cl.O=C(NCc1ccc(-n2cccn2)cc1)C1CC12CCNCC2. The highest BCUT2D eigenvalue weighted by Crippen LogP contribution is 2.58. The molecule has 2 aliphatic rings. The van der Waals surface area contributed by atoms with Gasteiger partial charge in [-0.2, -0.15) is 5.10 Å². The number of amides is 1. The van der Waals surface area contributed by atoms with Gasteiger partial charge in [0, 0.05) is 24.9 Å². The van der Waals surface area contributed by atoms with Gasteiger partial charge in [0.15, 0.2) is 0 Å². The number of carbonyl (C=O) groups is 1. The third-order valence-corrected chi connectivity index (χ3v) is 5.28. The molecule has 24 heavy (non-hydrogen) atoms. The second kappa shape index (κ2) is 6.95. The molecule has 1 spiro atoms. The van der Waals surface area contributed by atoms with Crippen LogP contribution in [-0.2, 0) is 11.3 Å². The summed E-state index contributed by atoms with van der Waals surface area (Å²) >= 11 is 0. The zero-order valence-corrected chi connectivity index (χ0v) is 14.4. The van der Waals surface area contributed by atoms with Crippen LogP contribution >= 0.6 is 12.4 Å². The largest absolute Gasteiger partial charge is 0.352 e. The molecule has 1 aliphatic heterocycles. The third kappa shape index (κ3) is 3.32. The van der Waals surface area contributed by atoms with Crippen molar-refractivity contribution in [3.63, 3.8) is 0 Å². The van der Waals surface area contributed by atoms with Gasteiger partial charge in [-0.3, -0.25) is 4.79 Å². The fourth-order valence-electron chi connectivity index (χ4n) is 3.70. The highest BCUT2D eigenvalue weighted by Gasteiger charge is 2.57. The molecule has 128 valence electrons. The molecule has 5 nitrogen and oxygen atoms in total. The summed E-state index contributed by atoms with van der Waals surface area (Å²) in [4.78, 5) is 12.4. The van der Waals surface area contributed by atoms with Gasteiger partial charge in [-0.05, 0) is 61.5 Å². The lowest BCUT2D eigenvalue weighted by Gasteiger charge is -2.23. The fraction of sp³-hybridized carbons (Fsp3) is 0.444. The Kier molecular flexibility index (Phi) is 4.92. The van der Waals surface area contributed by atoms with Crippen LogP contribution in [0.5, 0.6) is 0 Å². The highest BCUT2D eigenvalue weighted by atomic mass is 35.5. The van der Waals surface area contributed by atoms with Gasteiger partial charge in [0.2, 0.25) is 5.91 Å². The lowest BCUT2D eigenvalue weighted by atomic mass is 9.92. The first-order valence-electron chi connectivity index (χ1n) is 8.34. The Hall–Kier alpha value is -1.85. The molecule has 1 amide bonds. The van der Waals surface area contributed by atoms with Crippen molar-refractivity contribution in [3.8, 4) is 5.69 Å². The molecule has 1 saturated carbocycles. The number of benzene rings is 1. The first kappa shape index (κ1) is 17.0. The van der Waals surface area contributed by atoms with Crippen molar-refractivity contribution in [2.24, 2.45) is 11.3 Å². The van der Waals surface area contributed by atoms with E-state index in [-0.39, 0.29) is 24.2 Å². The molecule has 2 aromatic rings. The van der Waals surface area contributed by atoms with Crippen molar-refractivity contribution in [1.82, 2.24) is 20.4 Å². The minimum Gasteiger partial charge on any atom is -0.352 e. The average Bonchev–Trinajstić information content (AvgIpc) is 3.03. The monoisotopic (exact) mass is 346 g/mol. The molecule has 1 aliphatic carbocycles. The van der Waals surface area contributed by atoms with Gasteiger partial charge >= 0.3 is 0 Å². The normalized spacial score (nSPS) is 21.1. The summed E-state index contributed by atoms with van der Waals surface area (Å²) in [5.74, 6) is 0.455. The first-order valence-corrected chi connectivity index (χ1v) is 8.34. The molecule has 2 heterocycles. The Morgan fingerprint density at radius 3 is 2.71 bits per heavy atom. The lowest BCUT2D eigenvalue weighted by Crippen LogP contribution is -2.33. The number of nitrogens with one attached hydrogen (secondary N) is 2. The van der Waals surface area contributed by atoms with Crippen molar-refractivity contribution in [1.29, 1.82) is 0 Å². The minimum atomic E-state index is 0. The van der Waals surface area contributed by atoms with Gasteiger partial charge in [0.1, 0.15) is 0 Å². The van der Waals surface area contributed by atoms with Crippen molar-refractivity contribution in [2.75, 3.05) is 13.1 Å². The Labute approximate surface area is 148 Å². The van der Waals surface area contributed by atoms with E-state index in [1.165, 1.54) is 0 Å². The minimum absolute atomic E-state index is 0. The third-order valence-electron chi connectivity index (χ3n) is 5.28. The maximum Gasteiger partial charge on any atom is 0.223 e. The summed E-state index contributed by atoms with van der Waals surface area (Å²) in [5, 5.41) is 10.7. The van der Waals surface area contributed by atoms with Crippen LogP contribution in [0.4, 0.5) is 0 Å². The average molecular weight is 347 g/mol. The molecule has 0 radical (unpaired) electrons. The number of hydrogen-bond donors (Lipinski definition) is 2. The molecule has 1 aromatic heterocycles.